The maximum absolute atomic E-state index is 13.6. The van der Waals surface area contributed by atoms with Crippen LogP contribution in [0.2, 0.25) is 0 Å². The highest BCUT2D eigenvalue weighted by Crippen LogP contribution is 2.36. The average Bonchev–Trinajstić information content (AvgIpc) is 2.76. The van der Waals surface area contributed by atoms with Crippen molar-refractivity contribution in [3.8, 4) is 5.75 Å². The number of aromatic nitrogens is 2. The van der Waals surface area contributed by atoms with Crippen molar-refractivity contribution in [1.29, 1.82) is 0 Å². The van der Waals surface area contributed by atoms with Gasteiger partial charge in [-0.3, -0.25) is 14.8 Å². The molecule has 1 amide bonds. The van der Waals surface area contributed by atoms with Gasteiger partial charge < -0.3 is 10.1 Å². The third kappa shape index (κ3) is 4.98. The zero-order valence-electron chi connectivity index (χ0n) is 16.3. The molecule has 2 heterocycles. The number of rotatable bonds is 5. The fourth-order valence-corrected chi connectivity index (χ4v) is 3.00. The van der Waals surface area contributed by atoms with Crippen LogP contribution in [0.5, 0.6) is 5.75 Å². The van der Waals surface area contributed by atoms with Crippen molar-refractivity contribution in [2.45, 2.75) is 18.4 Å². The lowest BCUT2D eigenvalue weighted by Gasteiger charge is -2.23. The lowest BCUT2D eigenvalue weighted by molar-refractivity contribution is -0.139. The van der Waals surface area contributed by atoms with E-state index >= 15 is 0 Å². The standard InChI is InChI=1S/C21H15F6N3O2/c1-32-16-8-10-28-11-14(16)19(31)30-17(12-4-6-13(7-5-12)20(22,23)24)18-15(21(25,26)27)3-2-9-29-18/h2-11,17H,1H3,(H,30,31)/t17-/m0/s1. The molecule has 32 heavy (non-hydrogen) atoms. The van der Waals surface area contributed by atoms with Gasteiger partial charge in [0.15, 0.2) is 0 Å². The van der Waals surface area contributed by atoms with Crippen molar-refractivity contribution in [3.63, 3.8) is 0 Å². The van der Waals surface area contributed by atoms with Crippen LogP contribution >= 0.6 is 0 Å². The molecule has 0 spiro atoms. The van der Waals surface area contributed by atoms with E-state index in [1.807, 2.05) is 0 Å². The molecule has 0 aliphatic carbocycles. The summed E-state index contributed by atoms with van der Waals surface area (Å²) < 4.78 is 84.6. The lowest BCUT2D eigenvalue weighted by Crippen LogP contribution is -2.32. The summed E-state index contributed by atoms with van der Waals surface area (Å²) >= 11 is 0. The van der Waals surface area contributed by atoms with E-state index in [0.29, 0.717) is 0 Å². The van der Waals surface area contributed by atoms with Crippen molar-refractivity contribution in [2.75, 3.05) is 7.11 Å². The fraction of sp³-hybridized carbons (Fsp3) is 0.190. The quantitative estimate of drug-likeness (QED) is 0.548. The molecule has 0 fully saturated rings. The number of hydrogen-bond donors (Lipinski definition) is 1. The first-order valence-electron chi connectivity index (χ1n) is 9.00. The summed E-state index contributed by atoms with van der Waals surface area (Å²) in [4.78, 5) is 20.4. The number of nitrogens with zero attached hydrogens (tertiary/aromatic N) is 2. The van der Waals surface area contributed by atoms with Crippen molar-refractivity contribution in [3.05, 3.63) is 89.0 Å². The first-order valence-corrected chi connectivity index (χ1v) is 9.00. The summed E-state index contributed by atoms with van der Waals surface area (Å²) in [5.41, 5.74) is -2.80. The van der Waals surface area contributed by atoms with Gasteiger partial charge in [0, 0.05) is 18.6 Å². The van der Waals surface area contributed by atoms with E-state index in [1.54, 1.807) is 0 Å². The third-order valence-electron chi connectivity index (χ3n) is 4.51. The van der Waals surface area contributed by atoms with Crippen LogP contribution in [0.25, 0.3) is 0 Å². The van der Waals surface area contributed by atoms with Crippen molar-refractivity contribution >= 4 is 5.91 Å². The zero-order valence-corrected chi connectivity index (χ0v) is 16.3. The van der Waals surface area contributed by atoms with Gasteiger partial charge in [-0.2, -0.15) is 26.3 Å². The number of nitrogens with one attached hydrogen (secondary N) is 1. The van der Waals surface area contributed by atoms with Gasteiger partial charge >= 0.3 is 12.4 Å². The van der Waals surface area contributed by atoms with Gasteiger partial charge in [0.25, 0.3) is 5.91 Å². The second-order valence-electron chi connectivity index (χ2n) is 6.54. The summed E-state index contributed by atoms with van der Waals surface area (Å²) in [6.45, 7) is 0. The predicted molar refractivity (Wildman–Crippen MR) is 101 cm³/mol. The molecule has 0 saturated heterocycles. The molecule has 1 atom stereocenters. The third-order valence-corrected chi connectivity index (χ3v) is 4.51. The first-order chi connectivity index (χ1) is 15.0. The molecule has 1 aromatic carbocycles. The van der Waals surface area contributed by atoms with E-state index in [2.05, 4.69) is 15.3 Å². The van der Waals surface area contributed by atoms with Gasteiger partial charge in [-0.15, -0.1) is 0 Å². The highest BCUT2D eigenvalue weighted by Gasteiger charge is 2.37. The molecule has 0 aliphatic rings. The van der Waals surface area contributed by atoms with E-state index in [-0.39, 0.29) is 16.9 Å². The second kappa shape index (κ2) is 8.85. The number of benzene rings is 1. The highest BCUT2D eigenvalue weighted by atomic mass is 19.4. The molecular weight excluding hydrogens is 440 g/mol. The molecule has 1 N–H and O–H groups in total. The predicted octanol–water partition coefficient (Wildman–Crippen LogP) is 5.04. The second-order valence-corrected chi connectivity index (χ2v) is 6.54. The first kappa shape index (κ1) is 23.0. The molecule has 0 aliphatic heterocycles. The summed E-state index contributed by atoms with van der Waals surface area (Å²) in [6, 6.07) is 5.13. The Bertz CT molecular complexity index is 1100. The number of carbonyl (C=O) groups is 1. The van der Waals surface area contributed by atoms with Crippen molar-refractivity contribution < 1.29 is 35.9 Å². The van der Waals surface area contributed by atoms with Gasteiger partial charge in [0.05, 0.1) is 35.5 Å². The molecular formula is C21H15F6N3O2. The minimum atomic E-state index is -4.82. The Morgan fingerprint density at radius 3 is 2.25 bits per heavy atom. The summed E-state index contributed by atoms with van der Waals surface area (Å²) in [7, 11) is 1.29. The zero-order chi connectivity index (χ0) is 23.5. The molecule has 3 aromatic rings. The Balaban J connectivity index is 2.10. The summed E-state index contributed by atoms with van der Waals surface area (Å²) in [6.07, 6.45) is -5.85. The number of methoxy groups -OCH3 is 1. The molecule has 168 valence electrons. The molecule has 0 unspecified atom stereocenters. The van der Waals surface area contributed by atoms with Gasteiger partial charge in [-0.1, -0.05) is 12.1 Å². The number of carbonyl (C=O) groups excluding carboxylic acids is 1. The molecule has 0 saturated carbocycles. The fourth-order valence-electron chi connectivity index (χ4n) is 3.00. The molecule has 11 heteroatoms. The number of pyridine rings is 2. The van der Waals surface area contributed by atoms with Crippen LogP contribution < -0.4 is 10.1 Å². The molecule has 0 bridgehead atoms. The van der Waals surface area contributed by atoms with E-state index in [9.17, 15) is 31.1 Å². The van der Waals surface area contributed by atoms with Crippen LogP contribution in [0.15, 0.2) is 61.1 Å². The Morgan fingerprint density at radius 1 is 0.969 bits per heavy atom. The Hall–Kier alpha value is -3.63. The SMILES string of the molecule is COc1ccncc1C(=O)N[C@@H](c1ccc(C(F)(F)F)cc1)c1ncccc1C(F)(F)F. The smallest absolute Gasteiger partial charge is 0.418 e. The van der Waals surface area contributed by atoms with E-state index < -0.39 is 41.1 Å². The van der Waals surface area contributed by atoms with Crippen LogP contribution in [-0.4, -0.2) is 23.0 Å². The lowest BCUT2D eigenvalue weighted by atomic mass is 9.97. The minimum absolute atomic E-state index is 0.0293. The van der Waals surface area contributed by atoms with Crippen molar-refractivity contribution in [2.24, 2.45) is 0 Å². The molecule has 5 nitrogen and oxygen atoms in total. The van der Waals surface area contributed by atoms with Gasteiger partial charge in [-0.05, 0) is 35.9 Å². The number of amides is 1. The minimum Gasteiger partial charge on any atom is -0.496 e. The number of hydrogen-bond acceptors (Lipinski definition) is 4. The highest BCUT2D eigenvalue weighted by molar-refractivity contribution is 5.97. The number of alkyl halides is 6. The Labute approximate surface area is 178 Å². The van der Waals surface area contributed by atoms with Crippen LogP contribution in [0.1, 0.15) is 38.8 Å². The van der Waals surface area contributed by atoms with Gasteiger partial charge in [0.1, 0.15) is 5.75 Å². The number of ether oxygens (including phenoxy) is 1. The van der Waals surface area contributed by atoms with E-state index in [1.165, 1.54) is 19.4 Å². The maximum atomic E-state index is 13.6. The molecule has 3 rings (SSSR count). The average molecular weight is 455 g/mol. The normalized spacial score (nSPS) is 12.8. The van der Waals surface area contributed by atoms with E-state index in [0.717, 1.165) is 48.8 Å². The Kier molecular flexibility index (Phi) is 6.37. The Morgan fingerprint density at radius 2 is 1.66 bits per heavy atom. The van der Waals surface area contributed by atoms with Crippen LogP contribution in [0.3, 0.4) is 0 Å². The summed E-state index contributed by atoms with van der Waals surface area (Å²) in [5, 5.41) is 2.41. The van der Waals surface area contributed by atoms with Gasteiger partial charge in [0.2, 0.25) is 0 Å². The number of halogens is 6. The molecule has 0 radical (unpaired) electrons. The maximum Gasteiger partial charge on any atom is 0.418 e. The largest absolute Gasteiger partial charge is 0.496 e. The molecule has 2 aromatic heterocycles. The van der Waals surface area contributed by atoms with Crippen LogP contribution in [-0.2, 0) is 12.4 Å². The summed E-state index contributed by atoms with van der Waals surface area (Å²) in [5.74, 6) is -0.737. The monoisotopic (exact) mass is 455 g/mol. The van der Waals surface area contributed by atoms with Gasteiger partial charge in [-0.25, -0.2) is 0 Å². The van der Waals surface area contributed by atoms with Crippen LogP contribution in [0.4, 0.5) is 26.3 Å². The van der Waals surface area contributed by atoms with Crippen LogP contribution in [0, 0.1) is 0 Å². The van der Waals surface area contributed by atoms with Crippen molar-refractivity contribution in [1.82, 2.24) is 15.3 Å². The van der Waals surface area contributed by atoms with E-state index in [4.69, 9.17) is 4.74 Å². The topological polar surface area (TPSA) is 64.1 Å².